The number of nitrogens with one attached hydrogen (secondary N) is 1. The number of pyridine rings is 1. The van der Waals surface area contributed by atoms with Crippen molar-refractivity contribution in [3.63, 3.8) is 0 Å². The molecule has 3 N–H and O–H groups in total. The van der Waals surface area contributed by atoms with Crippen molar-refractivity contribution in [1.29, 1.82) is 0 Å². The summed E-state index contributed by atoms with van der Waals surface area (Å²) < 4.78 is 1.60. The number of carbonyl (C=O) groups excluding carboxylic acids is 1. The van der Waals surface area contributed by atoms with Gasteiger partial charge < -0.3 is 11.1 Å². The maximum absolute atomic E-state index is 11.0. The van der Waals surface area contributed by atoms with Gasteiger partial charge in [-0.3, -0.25) is 9.78 Å². The number of aromatic nitrogens is 3. The molecule has 1 amide bonds. The van der Waals surface area contributed by atoms with Gasteiger partial charge in [0.2, 0.25) is 0 Å². The van der Waals surface area contributed by atoms with Crippen molar-refractivity contribution < 1.29 is 4.79 Å². The van der Waals surface area contributed by atoms with Gasteiger partial charge in [-0.1, -0.05) is 0 Å². The number of hydrogen-bond acceptors (Lipinski definition) is 4. The average molecular weight is 257 g/mol. The minimum absolute atomic E-state index is 0.251. The molecule has 6 heteroatoms. The molecule has 19 heavy (non-hydrogen) atoms. The fourth-order valence-corrected chi connectivity index (χ4v) is 1.84. The fourth-order valence-electron chi connectivity index (χ4n) is 1.84. The molecule has 2 heterocycles. The second-order valence-corrected chi connectivity index (χ2v) is 4.72. The van der Waals surface area contributed by atoms with E-state index in [0.717, 1.165) is 17.8 Å². The molecular weight excluding hydrogens is 242 g/mol. The first-order chi connectivity index (χ1) is 9.22. The second-order valence-electron chi connectivity index (χ2n) is 4.72. The molecule has 1 saturated carbocycles. The maximum atomic E-state index is 11.0. The van der Waals surface area contributed by atoms with Gasteiger partial charge in [0.05, 0.1) is 11.9 Å². The molecule has 0 radical (unpaired) electrons. The van der Waals surface area contributed by atoms with E-state index in [0.29, 0.717) is 6.04 Å². The summed E-state index contributed by atoms with van der Waals surface area (Å²) in [4.78, 5) is 15.2. The Labute approximate surface area is 110 Å². The summed E-state index contributed by atoms with van der Waals surface area (Å²) in [7, 11) is 0. The zero-order chi connectivity index (χ0) is 13.2. The molecule has 0 aliphatic heterocycles. The van der Waals surface area contributed by atoms with E-state index in [9.17, 15) is 4.79 Å². The minimum Gasteiger partial charge on any atom is -0.364 e. The van der Waals surface area contributed by atoms with E-state index in [1.807, 2.05) is 12.3 Å². The smallest absolute Gasteiger partial charge is 0.269 e. The van der Waals surface area contributed by atoms with Gasteiger partial charge >= 0.3 is 0 Å². The van der Waals surface area contributed by atoms with Crippen molar-refractivity contribution in [3.8, 4) is 5.69 Å². The molecule has 2 aromatic heterocycles. The molecule has 0 atom stereocenters. The van der Waals surface area contributed by atoms with Gasteiger partial charge in [0, 0.05) is 25.0 Å². The van der Waals surface area contributed by atoms with Crippen LogP contribution >= 0.6 is 0 Å². The van der Waals surface area contributed by atoms with Crippen molar-refractivity contribution in [2.45, 2.75) is 25.4 Å². The van der Waals surface area contributed by atoms with Gasteiger partial charge in [0.1, 0.15) is 5.69 Å². The highest BCUT2D eigenvalue weighted by Gasteiger charge is 2.20. The lowest BCUT2D eigenvalue weighted by Crippen LogP contribution is -2.15. The fraction of sp³-hybridized carbons (Fsp3) is 0.308. The molecular formula is C13H15N5O. The van der Waals surface area contributed by atoms with Crippen LogP contribution in [-0.2, 0) is 6.54 Å². The van der Waals surface area contributed by atoms with Crippen LogP contribution < -0.4 is 11.1 Å². The summed E-state index contributed by atoms with van der Waals surface area (Å²) in [5.74, 6) is -0.529. The number of primary amides is 1. The Bertz CT molecular complexity index is 603. The van der Waals surface area contributed by atoms with Gasteiger partial charge in [0.25, 0.3) is 5.91 Å². The molecule has 0 aromatic carbocycles. The zero-order valence-electron chi connectivity index (χ0n) is 10.4. The molecule has 0 bridgehead atoms. The highest BCUT2D eigenvalue weighted by Crippen LogP contribution is 2.19. The van der Waals surface area contributed by atoms with E-state index < -0.39 is 5.91 Å². The number of nitrogens with two attached hydrogens (primary N) is 1. The average Bonchev–Trinajstić information content (AvgIpc) is 3.10. The third-order valence-electron chi connectivity index (χ3n) is 3.06. The van der Waals surface area contributed by atoms with Crippen LogP contribution in [0.4, 0.5) is 0 Å². The van der Waals surface area contributed by atoms with Gasteiger partial charge in [-0.2, -0.15) is 5.10 Å². The minimum atomic E-state index is -0.529. The summed E-state index contributed by atoms with van der Waals surface area (Å²) >= 11 is 0. The van der Waals surface area contributed by atoms with Gasteiger partial charge in [0.15, 0.2) is 0 Å². The number of carbonyl (C=O) groups is 1. The van der Waals surface area contributed by atoms with Gasteiger partial charge in [-0.25, -0.2) is 4.68 Å². The molecule has 2 aromatic rings. The summed E-state index contributed by atoms with van der Waals surface area (Å²) in [6, 6.07) is 4.26. The topological polar surface area (TPSA) is 85.8 Å². The monoisotopic (exact) mass is 257 g/mol. The van der Waals surface area contributed by atoms with E-state index in [2.05, 4.69) is 15.4 Å². The van der Waals surface area contributed by atoms with Crippen molar-refractivity contribution in [1.82, 2.24) is 20.1 Å². The molecule has 98 valence electrons. The Hall–Kier alpha value is -2.21. The van der Waals surface area contributed by atoms with E-state index in [-0.39, 0.29) is 5.69 Å². The first-order valence-corrected chi connectivity index (χ1v) is 6.25. The summed E-state index contributed by atoms with van der Waals surface area (Å²) in [6.45, 7) is 0.801. The van der Waals surface area contributed by atoms with Crippen LogP contribution in [0.25, 0.3) is 5.69 Å². The van der Waals surface area contributed by atoms with E-state index in [1.54, 1.807) is 23.1 Å². The third kappa shape index (κ3) is 2.79. The quantitative estimate of drug-likeness (QED) is 0.822. The Kier molecular flexibility index (Phi) is 3.00. The van der Waals surface area contributed by atoms with E-state index >= 15 is 0 Å². The molecule has 1 aliphatic rings. The molecule has 0 spiro atoms. The third-order valence-corrected chi connectivity index (χ3v) is 3.06. The van der Waals surface area contributed by atoms with Crippen LogP contribution in [0.2, 0.25) is 0 Å². The number of amides is 1. The van der Waals surface area contributed by atoms with Crippen molar-refractivity contribution in [2.75, 3.05) is 0 Å². The first-order valence-electron chi connectivity index (χ1n) is 6.25. The molecule has 1 aliphatic carbocycles. The van der Waals surface area contributed by atoms with Crippen molar-refractivity contribution >= 4 is 5.91 Å². The molecule has 0 saturated heterocycles. The zero-order valence-corrected chi connectivity index (χ0v) is 10.4. The van der Waals surface area contributed by atoms with Crippen molar-refractivity contribution in [3.05, 3.63) is 42.0 Å². The summed E-state index contributed by atoms with van der Waals surface area (Å²) in [6.07, 6.45) is 7.76. The SMILES string of the molecule is NC(=O)c1ccn(-c2cncc(CNC3CC3)c2)n1. The van der Waals surface area contributed by atoms with Crippen LogP contribution in [0.5, 0.6) is 0 Å². The summed E-state index contributed by atoms with van der Waals surface area (Å²) in [5, 5.41) is 7.54. The van der Waals surface area contributed by atoms with E-state index in [4.69, 9.17) is 5.73 Å². The second kappa shape index (κ2) is 4.81. The lowest BCUT2D eigenvalue weighted by atomic mass is 10.2. The Morgan fingerprint density at radius 3 is 3.00 bits per heavy atom. The van der Waals surface area contributed by atoms with Gasteiger partial charge in [-0.05, 0) is 30.5 Å². The maximum Gasteiger partial charge on any atom is 0.269 e. The normalized spacial score (nSPS) is 14.5. The Morgan fingerprint density at radius 1 is 1.47 bits per heavy atom. The number of hydrogen-bond donors (Lipinski definition) is 2. The van der Waals surface area contributed by atoms with E-state index in [1.165, 1.54) is 12.8 Å². The molecule has 0 unspecified atom stereocenters. The van der Waals surface area contributed by atoms with Crippen molar-refractivity contribution in [2.24, 2.45) is 5.73 Å². The van der Waals surface area contributed by atoms with Crippen LogP contribution in [0, 0.1) is 0 Å². The van der Waals surface area contributed by atoms with Crippen LogP contribution in [0.3, 0.4) is 0 Å². The molecule has 1 fully saturated rings. The first kappa shape index (κ1) is 11.9. The Morgan fingerprint density at radius 2 is 2.32 bits per heavy atom. The largest absolute Gasteiger partial charge is 0.364 e. The highest BCUT2D eigenvalue weighted by atomic mass is 16.1. The van der Waals surface area contributed by atoms with Gasteiger partial charge in [-0.15, -0.1) is 0 Å². The van der Waals surface area contributed by atoms with Crippen LogP contribution in [-0.4, -0.2) is 26.7 Å². The molecule has 3 rings (SSSR count). The lowest BCUT2D eigenvalue weighted by molar-refractivity contribution is 0.0995. The Balaban J connectivity index is 1.78. The highest BCUT2D eigenvalue weighted by molar-refractivity contribution is 5.90. The molecule has 6 nitrogen and oxygen atoms in total. The number of nitrogens with zero attached hydrogens (tertiary/aromatic N) is 3. The lowest BCUT2D eigenvalue weighted by Gasteiger charge is -2.05. The predicted octanol–water partition coefficient (Wildman–Crippen LogP) is 0.618. The predicted molar refractivity (Wildman–Crippen MR) is 69.7 cm³/mol. The van der Waals surface area contributed by atoms with Crippen LogP contribution in [0.1, 0.15) is 28.9 Å². The standard InChI is InChI=1S/C13H15N5O/c14-13(19)12-3-4-18(17-12)11-5-9(6-15-8-11)7-16-10-1-2-10/h3-6,8,10,16H,1-2,7H2,(H2,14,19). The van der Waals surface area contributed by atoms with Crippen LogP contribution in [0.15, 0.2) is 30.7 Å². The summed E-state index contributed by atoms with van der Waals surface area (Å²) in [5.41, 5.74) is 7.35. The number of rotatable bonds is 5.